The van der Waals surface area contributed by atoms with E-state index in [0.29, 0.717) is 11.6 Å². The minimum atomic E-state index is 0.235. The van der Waals surface area contributed by atoms with Gasteiger partial charge in [-0.25, -0.2) is 0 Å². The molecule has 0 saturated heterocycles. The molecule has 112 valence electrons. The van der Waals surface area contributed by atoms with Gasteiger partial charge in [0, 0.05) is 19.0 Å². The Labute approximate surface area is 129 Å². The van der Waals surface area contributed by atoms with Gasteiger partial charge in [-0.1, -0.05) is 13.8 Å². The number of rotatable bonds is 7. The molecule has 1 saturated carbocycles. The molecule has 1 aromatic rings. The largest absolute Gasteiger partial charge is 0.396 e. The molecule has 3 nitrogen and oxygen atoms in total. The first kappa shape index (κ1) is 15.7. The fourth-order valence-electron chi connectivity index (χ4n) is 2.33. The van der Waals surface area contributed by atoms with Crippen LogP contribution in [0.2, 0.25) is 0 Å². The number of carbonyl (C=O) groups is 1. The van der Waals surface area contributed by atoms with Crippen molar-refractivity contribution in [2.45, 2.75) is 38.5 Å². The number of nitrogens with zero attached hydrogens (tertiary/aromatic N) is 1. The predicted molar refractivity (Wildman–Crippen MR) is 90.3 cm³/mol. The van der Waals surface area contributed by atoms with Crippen LogP contribution < -0.4 is 10.6 Å². The van der Waals surface area contributed by atoms with Crippen LogP contribution in [0.5, 0.6) is 0 Å². The number of hydrogen-bond donors (Lipinski definition) is 1. The van der Waals surface area contributed by atoms with Crippen LogP contribution in [0.25, 0.3) is 0 Å². The van der Waals surface area contributed by atoms with Crippen molar-refractivity contribution >= 4 is 39.6 Å². The summed E-state index contributed by atoms with van der Waals surface area (Å²) in [6.07, 6.45) is 4.10. The average molecular weight is 313 g/mol. The van der Waals surface area contributed by atoms with E-state index in [0.717, 1.165) is 35.7 Å². The summed E-state index contributed by atoms with van der Waals surface area (Å²) in [4.78, 5) is 16.6. The lowest BCUT2D eigenvalue weighted by molar-refractivity contribution is 0.0972. The van der Waals surface area contributed by atoms with Crippen LogP contribution in [-0.2, 0) is 0 Å². The third-order valence-electron chi connectivity index (χ3n) is 3.51. The van der Waals surface area contributed by atoms with Gasteiger partial charge in [0.2, 0.25) is 0 Å². The Hall–Kier alpha value is -0.680. The van der Waals surface area contributed by atoms with Crippen molar-refractivity contribution in [1.29, 1.82) is 0 Å². The quantitative estimate of drug-likeness (QED) is 0.607. The predicted octanol–water partition coefficient (Wildman–Crippen LogP) is 4.13. The van der Waals surface area contributed by atoms with E-state index < -0.39 is 0 Å². The number of hydrogen-bond acceptors (Lipinski definition) is 5. The molecule has 1 fully saturated rings. The Morgan fingerprint density at radius 1 is 1.50 bits per heavy atom. The van der Waals surface area contributed by atoms with Gasteiger partial charge in [0.05, 0.1) is 15.5 Å². The maximum atomic E-state index is 12.3. The topological polar surface area (TPSA) is 46.3 Å². The highest BCUT2D eigenvalue weighted by Gasteiger charge is 2.34. The second kappa shape index (κ2) is 6.39. The Kier molecular flexibility index (Phi) is 5.02. The molecule has 5 heteroatoms. The second-order valence-electron chi connectivity index (χ2n) is 5.75. The summed E-state index contributed by atoms with van der Waals surface area (Å²) in [5.74, 6) is 1.09. The van der Waals surface area contributed by atoms with Crippen LogP contribution >= 0.6 is 23.1 Å². The molecular weight excluding hydrogens is 288 g/mol. The summed E-state index contributed by atoms with van der Waals surface area (Å²) in [7, 11) is 0. The zero-order valence-corrected chi connectivity index (χ0v) is 14.4. The molecule has 0 aromatic carbocycles. The normalized spacial score (nSPS) is 14.8. The second-order valence-corrected chi connectivity index (χ2v) is 7.57. The van der Waals surface area contributed by atoms with Gasteiger partial charge in [0.1, 0.15) is 5.00 Å². The first-order valence-electron chi connectivity index (χ1n) is 7.24. The van der Waals surface area contributed by atoms with E-state index in [2.05, 4.69) is 25.7 Å². The molecule has 1 heterocycles. The lowest BCUT2D eigenvalue weighted by Crippen LogP contribution is -2.26. The molecule has 0 spiro atoms. The van der Waals surface area contributed by atoms with Crippen LogP contribution in [0.1, 0.15) is 43.3 Å². The number of carbonyl (C=O) groups excluding carboxylic acids is 1. The SMILES string of the molecule is CCN(CC(C)C)c1sc(C(=O)C2CC2)c(N)c1SC. The number of anilines is 2. The number of thiophene rings is 1. The van der Waals surface area contributed by atoms with Crippen LogP contribution in [0, 0.1) is 11.8 Å². The molecule has 0 atom stereocenters. The first-order valence-corrected chi connectivity index (χ1v) is 9.29. The minimum Gasteiger partial charge on any atom is -0.396 e. The molecule has 1 aliphatic rings. The maximum Gasteiger partial charge on any atom is 0.178 e. The Morgan fingerprint density at radius 3 is 2.60 bits per heavy atom. The van der Waals surface area contributed by atoms with Crippen LogP contribution in [0.3, 0.4) is 0 Å². The van der Waals surface area contributed by atoms with E-state index in [4.69, 9.17) is 5.73 Å². The summed E-state index contributed by atoms with van der Waals surface area (Å²) in [6.45, 7) is 8.54. The molecule has 0 radical (unpaired) electrons. The van der Waals surface area contributed by atoms with Crippen molar-refractivity contribution in [2.24, 2.45) is 11.8 Å². The highest BCUT2D eigenvalue weighted by Crippen LogP contribution is 2.46. The van der Waals surface area contributed by atoms with Crippen molar-refractivity contribution in [1.82, 2.24) is 0 Å². The van der Waals surface area contributed by atoms with Crippen molar-refractivity contribution in [3.05, 3.63) is 4.88 Å². The Balaban J connectivity index is 2.36. The van der Waals surface area contributed by atoms with E-state index in [9.17, 15) is 4.79 Å². The van der Waals surface area contributed by atoms with E-state index in [1.165, 1.54) is 5.00 Å². The smallest absolute Gasteiger partial charge is 0.178 e. The van der Waals surface area contributed by atoms with Gasteiger partial charge in [0.25, 0.3) is 0 Å². The average Bonchev–Trinajstić information content (AvgIpc) is 3.19. The zero-order valence-electron chi connectivity index (χ0n) is 12.7. The maximum absolute atomic E-state index is 12.3. The third-order valence-corrected chi connectivity index (χ3v) is 5.74. The highest BCUT2D eigenvalue weighted by molar-refractivity contribution is 7.99. The summed E-state index contributed by atoms with van der Waals surface area (Å²) in [6, 6.07) is 0. The van der Waals surface area contributed by atoms with E-state index in [1.54, 1.807) is 23.1 Å². The molecule has 2 N–H and O–H groups in total. The fraction of sp³-hybridized carbons (Fsp3) is 0.667. The van der Waals surface area contributed by atoms with Gasteiger partial charge in [0.15, 0.2) is 5.78 Å². The van der Waals surface area contributed by atoms with E-state index >= 15 is 0 Å². The highest BCUT2D eigenvalue weighted by atomic mass is 32.2. The van der Waals surface area contributed by atoms with Crippen LogP contribution in [-0.4, -0.2) is 25.1 Å². The van der Waals surface area contributed by atoms with Crippen LogP contribution in [0.15, 0.2) is 4.90 Å². The Bertz CT molecular complexity index is 492. The molecule has 0 aliphatic heterocycles. The standard InChI is InChI=1S/C15H24N2OS2/c1-5-17(8-9(2)3)15-14(19-4)11(16)13(20-15)12(18)10-6-7-10/h9-10H,5-8,16H2,1-4H3. The van der Waals surface area contributed by atoms with Crippen molar-refractivity contribution in [2.75, 3.05) is 30.0 Å². The summed E-state index contributed by atoms with van der Waals surface area (Å²) in [5, 5.41) is 1.18. The molecular formula is C15H24N2OS2. The third kappa shape index (κ3) is 3.14. The molecule has 0 amide bonds. The van der Waals surface area contributed by atoms with Gasteiger partial charge in [-0.2, -0.15) is 0 Å². The van der Waals surface area contributed by atoms with Gasteiger partial charge in [-0.05, 0) is 31.9 Å². The van der Waals surface area contributed by atoms with Crippen molar-refractivity contribution in [3.63, 3.8) is 0 Å². The van der Waals surface area contributed by atoms with Crippen molar-refractivity contribution < 1.29 is 4.79 Å². The molecule has 1 aromatic heterocycles. The summed E-state index contributed by atoms with van der Waals surface area (Å²) < 4.78 is 0. The fourth-order valence-corrected chi connectivity index (χ4v) is 4.61. The lowest BCUT2D eigenvalue weighted by atomic mass is 10.2. The number of nitrogens with two attached hydrogens (primary N) is 1. The number of ketones is 1. The van der Waals surface area contributed by atoms with Gasteiger partial charge in [-0.15, -0.1) is 23.1 Å². The first-order chi connectivity index (χ1) is 9.49. The minimum absolute atomic E-state index is 0.235. The molecule has 20 heavy (non-hydrogen) atoms. The van der Waals surface area contributed by atoms with Crippen LogP contribution in [0.4, 0.5) is 10.7 Å². The van der Waals surface area contributed by atoms with E-state index in [-0.39, 0.29) is 11.7 Å². The number of thioether (sulfide) groups is 1. The Morgan fingerprint density at radius 2 is 2.15 bits per heavy atom. The van der Waals surface area contributed by atoms with Crippen molar-refractivity contribution in [3.8, 4) is 0 Å². The summed E-state index contributed by atoms with van der Waals surface area (Å²) in [5.41, 5.74) is 6.95. The molecule has 1 aliphatic carbocycles. The molecule has 0 bridgehead atoms. The monoisotopic (exact) mass is 312 g/mol. The molecule has 2 rings (SSSR count). The van der Waals surface area contributed by atoms with E-state index in [1.807, 2.05) is 6.26 Å². The number of nitrogen functional groups attached to an aromatic ring is 1. The van der Waals surface area contributed by atoms with Gasteiger partial charge >= 0.3 is 0 Å². The van der Waals surface area contributed by atoms with Gasteiger partial charge in [-0.3, -0.25) is 4.79 Å². The van der Waals surface area contributed by atoms with Gasteiger partial charge < -0.3 is 10.6 Å². The number of Topliss-reactive ketones (excluding diaryl/α,β-unsaturated/α-hetero) is 1. The molecule has 0 unspecified atom stereocenters. The lowest BCUT2D eigenvalue weighted by Gasteiger charge is -2.24. The summed E-state index contributed by atoms with van der Waals surface area (Å²) >= 11 is 3.25. The zero-order chi connectivity index (χ0) is 14.9.